The molecule has 0 aliphatic carbocycles. The molecule has 1 atom stereocenters. The number of aryl methyl sites for hydroxylation is 1. The van der Waals surface area contributed by atoms with Crippen molar-refractivity contribution in [2.45, 2.75) is 135 Å². The van der Waals surface area contributed by atoms with Gasteiger partial charge in [-0.3, -0.25) is 0 Å². The van der Waals surface area contributed by atoms with Gasteiger partial charge in [0.1, 0.15) is 0 Å². The highest BCUT2D eigenvalue weighted by Gasteiger charge is 2.11. The lowest BCUT2D eigenvalue weighted by atomic mass is 9.95. The van der Waals surface area contributed by atoms with Gasteiger partial charge in [-0.25, -0.2) is 0 Å². The molecule has 0 fully saturated rings. The van der Waals surface area contributed by atoms with Gasteiger partial charge in [0.15, 0.2) is 0 Å². The molecule has 0 N–H and O–H groups in total. The van der Waals surface area contributed by atoms with E-state index in [0.29, 0.717) is 0 Å². The molecule has 35 heavy (non-hydrogen) atoms. The second-order valence-electron chi connectivity index (χ2n) is 10.5. The van der Waals surface area contributed by atoms with Gasteiger partial charge in [-0.1, -0.05) is 147 Å². The standard InChI is InChI=1S/C34H54S/c1-4-7-9-11-13-14-16-19-23-30(22-18-15-12-10-8-5-2)29-35-33-26-27-34(31(6-3)28-33)32-24-20-17-21-25-32/h17,20-21,24-28,30H,4-16,18-19,22-23,29H2,1-3H3. The third-order valence-electron chi connectivity index (χ3n) is 7.46. The Morgan fingerprint density at radius 3 is 1.69 bits per heavy atom. The first-order valence-electron chi connectivity index (χ1n) is 15.1. The van der Waals surface area contributed by atoms with E-state index in [-0.39, 0.29) is 0 Å². The molecule has 1 heteroatoms. The molecule has 0 saturated heterocycles. The van der Waals surface area contributed by atoms with E-state index in [1.54, 1.807) is 0 Å². The van der Waals surface area contributed by atoms with Crippen LogP contribution < -0.4 is 0 Å². The van der Waals surface area contributed by atoms with E-state index < -0.39 is 0 Å². The minimum absolute atomic E-state index is 0.880. The van der Waals surface area contributed by atoms with Gasteiger partial charge in [0.2, 0.25) is 0 Å². The molecule has 0 amide bonds. The highest BCUT2D eigenvalue weighted by molar-refractivity contribution is 7.99. The van der Waals surface area contributed by atoms with E-state index in [4.69, 9.17) is 0 Å². The predicted molar refractivity (Wildman–Crippen MR) is 161 cm³/mol. The van der Waals surface area contributed by atoms with Gasteiger partial charge in [0.05, 0.1) is 0 Å². The van der Waals surface area contributed by atoms with Crippen LogP contribution in [0.2, 0.25) is 0 Å². The van der Waals surface area contributed by atoms with Crippen LogP contribution in [0, 0.1) is 5.92 Å². The maximum absolute atomic E-state index is 2.46. The molecule has 0 aliphatic rings. The van der Waals surface area contributed by atoms with Gasteiger partial charge in [-0.05, 0) is 54.0 Å². The van der Waals surface area contributed by atoms with Crippen molar-refractivity contribution >= 4 is 11.8 Å². The fourth-order valence-corrected chi connectivity index (χ4v) is 6.31. The summed E-state index contributed by atoms with van der Waals surface area (Å²) in [5.74, 6) is 2.17. The molecule has 2 rings (SSSR count). The maximum atomic E-state index is 2.46. The molecule has 196 valence electrons. The molecule has 0 saturated carbocycles. The predicted octanol–water partition coefficient (Wildman–Crippen LogP) is 11.9. The molecule has 0 radical (unpaired) electrons. The van der Waals surface area contributed by atoms with Crippen molar-refractivity contribution in [3.8, 4) is 11.1 Å². The third kappa shape index (κ3) is 13.1. The number of thioether (sulfide) groups is 1. The van der Waals surface area contributed by atoms with E-state index >= 15 is 0 Å². The van der Waals surface area contributed by atoms with E-state index in [1.807, 2.05) is 0 Å². The smallest absolute Gasteiger partial charge is 0.00752 e. The van der Waals surface area contributed by atoms with Crippen LogP contribution in [-0.2, 0) is 6.42 Å². The van der Waals surface area contributed by atoms with Gasteiger partial charge >= 0.3 is 0 Å². The Kier molecular flexibility index (Phi) is 17.1. The number of hydrogen-bond acceptors (Lipinski definition) is 1. The molecule has 1 unspecified atom stereocenters. The Morgan fingerprint density at radius 1 is 0.600 bits per heavy atom. The summed E-state index contributed by atoms with van der Waals surface area (Å²) < 4.78 is 0. The van der Waals surface area contributed by atoms with Crippen LogP contribution in [0.5, 0.6) is 0 Å². The number of rotatable bonds is 21. The zero-order valence-electron chi connectivity index (χ0n) is 23.3. The molecule has 2 aromatic carbocycles. The highest BCUT2D eigenvalue weighted by Crippen LogP contribution is 2.32. The Bertz CT molecular complexity index is 750. The van der Waals surface area contributed by atoms with Gasteiger partial charge in [0.25, 0.3) is 0 Å². The largest absolute Gasteiger partial charge is 0.126 e. The summed E-state index contributed by atoms with van der Waals surface area (Å²) in [6.07, 6.45) is 23.9. The minimum atomic E-state index is 0.880. The number of hydrogen-bond donors (Lipinski definition) is 0. The summed E-state index contributed by atoms with van der Waals surface area (Å²) in [6.45, 7) is 6.91. The van der Waals surface area contributed by atoms with Gasteiger partial charge in [-0.15, -0.1) is 11.8 Å². The summed E-state index contributed by atoms with van der Waals surface area (Å²) in [6, 6.07) is 18.1. The summed E-state index contributed by atoms with van der Waals surface area (Å²) in [7, 11) is 0. The van der Waals surface area contributed by atoms with Gasteiger partial charge in [0, 0.05) is 10.6 Å². The average molecular weight is 495 g/mol. The first-order valence-corrected chi connectivity index (χ1v) is 16.1. The van der Waals surface area contributed by atoms with Crippen LogP contribution in [0.1, 0.15) is 129 Å². The Morgan fingerprint density at radius 2 is 1.14 bits per heavy atom. The lowest BCUT2D eigenvalue weighted by Crippen LogP contribution is -2.05. The van der Waals surface area contributed by atoms with Crippen molar-refractivity contribution in [1.82, 2.24) is 0 Å². The third-order valence-corrected chi connectivity index (χ3v) is 8.69. The maximum Gasteiger partial charge on any atom is 0.00752 e. The van der Waals surface area contributed by atoms with Crippen LogP contribution in [-0.4, -0.2) is 5.75 Å². The van der Waals surface area contributed by atoms with Crippen LogP contribution in [0.25, 0.3) is 11.1 Å². The molecular weight excluding hydrogens is 440 g/mol. The minimum Gasteiger partial charge on any atom is -0.126 e. The summed E-state index contributed by atoms with van der Waals surface area (Å²) in [5.41, 5.74) is 4.23. The normalized spacial score (nSPS) is 12.2. The van der Waals surface area contributed by atoms with Crippen molar-refractivity contribution < 1.29 is 0 Å². The van der Waals surface area contributed by atoms with E-state index in [9.17, 15) is 0 Å². The number of benzene rings is 2. The first kappa shape index (κ1) is 30.0. The van der Waals surface area contributed by atoms with Crippen molar-refractivity contribution in [1.29, 1.82) is 0 Å². The molecule has 0 heterocycles. The van der Waals surface area contributed by atoms with Crippen LogP contribution in [0.15, 0.2) is 53.4 Å². The van der Waals surface area contributed by atoms with Crippen molar-refractivity contribution in [3.05, 3.63) is 54.1 Å². The average Bonchev–Trinajstić information content (AvgIpc) is 2.90. The zero-order valence-corrected chi connectivity index (χ0v) is 24.1. The van der Waals surface area contributed by atoms with Gasteiger partial charge in [-0.2, -0.15) is 0 Å². The van der Waals surface area contributed by atoms with Crippen molar-refractivity contribution in [3.63, 3.8) is 0 Å². The Hall–Kier alpha value is -1.21. The second-order valence-corrected chi connectivity index (χ2v) is 11.6. The molecular formula is C34H54S. The fourth-order valence-electron chi connectivity index (χ4n) is 5.16. The Labute approximate surface area is 223 Å². The fraction of sp³-hybridized carbons (Fsp3) is 0.647. The quantitative estimate of drug-likeness (QED) is 0.123. The first-order chi connectivity index (χ1) is 17.3. The monoisotopic (exact) mass is 494 g/mol. The SMILES string of the molecule is CCCCCCCCCCC(CCCCCCCC)CSc1ccc(-c2ccccc2)c(CC)c1. The lowest BCUT2D eigenvalue weighted by Gasteiger charge is -2.18. The summed E-state index contributed by atoms with van der Waals surface area (Å²) >= 11 is 2.11. The lowest BCUT2D eigenvalue weighted by molar-refractivity contribution is 0.436. The molecule has 0 nitrogen and oxygen atoms in total. The van der Waals surface area contributed by atoms with Crippen LogP contribution >= 0.6 is 11.8 Å². The van der Waals surface area contributed by atoms with E-state index in [0.717, 1.165) is 12.3 Å². The Balaban J connectivity index is 1.83. The molecule has 2 aromatic rings. The van der Waals surface area contributed by atoms with E-state index in [1.165, 1.54) is 130 Å². The van der Waals surface area contributed by atoms with Gasteiger partial charge < -0.3 is 0 Å². The van der Waals surface area contributed by atoms with Crippen molar-refractivity contribution in [2.75, 3.05) is 5.75 Å². The zero-order chi connectivity index (χ0) is 25.0. The molecule has 0 spiro atoms. The van der Waals surface area contributed by atoms with Crippen LogP contribution in [0.3, 0.4) is 0 Å². The van der Waals surface area contributed by atoms with Crippen LogP contribution in [0.4, 0.5) is 0 Å². The number of unbranched alkanes of at least 4 members (excludes halogenated alkanes) is 12. The topological polar surface area (TPSA) is 0 Å². The molecule has 0 bridgehead atoms. The summed E-state index contributed by atoms with van der Waals surface area (Å²) in [4.78, 5) is 1.46. The second kappa shape index (κ2) is 19.9. The molecule has 0 aromatic heterocycles. The highest BCUT2D eigenvalue weighted by atomic mass is 32.2. The molecule has 0 aliphatic heterocycles. The summed E-state index contributed by atoms with van der Waals surface area (Å²) in [5, 5.41) is 0. The van der Waals surface area contributed by atoms with Crippen molar-refractivity contribution in [2.24, 2.45) is 5.92 Å². The van der Waals surface area contributed by atoms with E-state index in [2.05, 4.69) is 81.1 Å².